The van der Waals surface area contributed by atoms with Crippen LogP contribution >= 0.6 is 11.6 Å². The van der Waals surface area contributed by atoms with Crippen LogP contribution in [0, 0.1) is 13.8 Å². The number of halogens is 1. The molecule has 6 nitrogen and oxygen atoms in total. The summed E-state index contributed by atoms with van der Waals surface area (Å²) in [5.41, 5.74) is 3.13. The summed E-state index contributed by atoms with van der Waals surface area (Å²) < 4.78 is 0. The van der Waals surface area contributed by atoms with Crippen molar-refractivity contribution in [2.75, 3.05) is 23.3 Å². The Bertz CT molecular complexity index is 943. The smallest absolute Gasteiger partial charge is 0.251 e. The second kappa shape index (κ2) is 8.76. The van der Waals surface area contributed by atoms with Crippen LogP contribution in [0.1, 0.15) is 24.5 Å². The predicted octanol–water partition coefficient (Wildman–Crippen LogP) is 3.55. The lowest BCUT2D eigenvalue weighted by Crippen LogP contribution is -2.45. The Morgan fingerprint density at radius 3 is 2.52 bits per heavy atom. The molecule has 0 bridgehead atoms. The van der Waals surface area contributed by atoms with Crippen molar-refractivity contribution in [3.05, 3.63) is 58.6 Å². The minimum atomic E-state index is -0.653. The summed E-state index contributed by atoms with van der Waals surface area (Å²) in [7, 11) is 0. The number of carbonyl (C=O) groups is 3. The number of carbonyl (C=O) groups excluding carboxylic acids is 3. The van der Waals surface area contributed by atoms with Crippen molar-refractivity contribution in [3.8, 4) is 0 Å². The number of benzene rings is 2. The fourth-order valence-electron chi connectivity index (χ4n) is 3.41. The second-order valence-electron chi connectivity index (χ2n) is 7.19. The van der Waals surface area contributed by atoms with Gasteiger partial charge in [0.25, 0.3) is 5.91 Å². The molecule has 1 aliphatic heterocycles. The zero-order valence-electron chi connectivity index (χ0n) is 16.7. The van der Waals surface area contributed by atoms with Crippen LogP contribution < -0.4 is 10.2 Å². The Kier molecular flexibility index (Phi) is 6.35. The minimum Gasteiger partial charge on any atom is -0.325 e. The van der Waals surface area contributed by atoms with E-state index >= 15 is 0 Å². The van der Waals surface area contributed by atoms with Gasteiger partial charge in [0.15, 0.2) is 0 Å². The third kappa shape index (κ3) is 4.66. The van der Waals surface area contributed by atoms with Crippen LogP contribution in [0.3, 0.4) is 0 Å². The molecule has 0 saturated carbocycles. The average Bonchev–Trinajstić information content (AvgIpc) is 2.98. The first kappa shape index (κ1) is 21.0. The number of nitrogens with one attached hydrogen (secondary N) is 1. The van der Waals surface area contributed by atoms with E-state index in [9.17, 15) is 14.4 Å². The number of anilines is 2. The molecule has 0 radical (unpaired) electrons. The maximum absolute atomic E-state index is 13.0. The van der Waals surface area contributed by atoms with Crippen LogP contribution in [-0.2, 0) is 14.4 Å². The van der Waals surface area contributed by atoms with Crippen molar-refractivity contribution >= 4 is 40.7 Å². The Morgan fingerprint density at radius 1 is 1.17 bits per heavy atom. The first-order valence-corrected chi connectivity index (χ1v) is 9.91. The Labute approximate surface area is 175 Å². The van der Waals surface area contributed by atoms with Gasteiger partial charge in [0.2, 0.25) is 11.8 Å². The Morgan fingerprint density at radius 2 is 1.86 bits per heavy atom. The number of imide groups is 1. The molecule has 3 amide bonds. The quantitative estimate of drug-likeness (QED) is 0.735. The number of likely N-dealkylation sites (N-methyl/N-ethyl adjacent to an activating group) is 1. The zero-order valence-corrected chi connectivity index (χ0v) is 17.5. The minimum absolute atomic E-state index is 0.00782. The first-order valence-electron chi connectivity index (χ1n) is 9.53. The topological polar surface area (TPSA) is 69.7 Å². The molecule has 3 rings (SSSR count). The molecule has 1 aliphatic rings. The van der Waals surface area contributed by atoms with E-state index in [4.69, 9.17) is 11.6 Å². The third-order valence-electron chi connectivity index (χ3n) is 5.08. The molecule has 1 heterocycles. The van der Waals surface area contributed by atoms with Gasteiger partial charge in [-0.25, -0.2) is 4.90 Å². The molecule has 0 unspecified atom stereocenters. The number of amides is 3. The van der Waals surface area contributed by atoms with Crippen LogP contribution in [0.15, 0.2) is 42.5 Å². The van der Waals surface area contributed by atoms with Crippen LogP contribution in [-0.4, -0.2) is 41.8 Å². The number of hydrogen-bond acceptors (Lipinski definition) is 4. The average molecular weight is 414 g/mol. The molecule has 2 aromatic carbocycles. The molecule has 1 fully saturated rings. The van der Waals surface area contributed by atoms with Crippen LogP contribution in [0.2, 0.25) is 5.02 Å². The fraction of sp³-hybridized carbons (Fsp3) is 0.318. The number of nitrogens with zero attached hydrogens (tertiary/aromatic N) is 2. The molecule has 1 saturated heterocycles. The van der Waals surface area contributed by atoms with E-state index in [1.165, 1.54) is 4.90 Å². The van der Waals surface area contributed by atoms with Crippen molar-refractivity contribution < 1.29 is 14.4 Å². The summed E-state index contributed by atoms with van der Waals surface area (Å²) >= 11 is 6.01. The third-order valence-corrected chi connectivity index (χ3v) is 5.32. The van der Waals surface area contributed by atoms with E-state index in [2.05, 4.69) is 5.32 Å². The summed E-state index contributed by atoms with van der Waals surface area (Å²) in [5, 5.41) is 3.37. The molecule has 0 aliphatic carbocycles. The lowest BCUT2D eigenvalue weighted by atomic mass is 10.2. The maximum atomic E-state index is 13.0. The van der Waals surface area contributed by atoms with Gasteiger partial charge in [-0.05, 0) is 50.2 Å². The summed E-state index contributed by atoms with van der Waals surface area (Å²) in [4.78, 5) is 41.0. The van der Waals surface area contributed by atoms with Gasteiger partial charge >= 0.3 is 0 Å². The standard InChI is InChI=1S/C22H24ClN3O3/c1-4-25(13-20(27)24-18-11-16(23)8-7-15(18)3)19-12-21(28)26(22(19)29)17-9-5-14(2)6-10-17/h5-11,19H,4,12-13H2,1-3H3,(H,24,27)/t19-/m1/s1. The molecule has 0 aromatic heterocycles. The molecule has 1 atom stereocenters. The van der Waals surface area contributed by atoms with E-state index in [1.807, 2.05) is 39.0 Å². The van der Waals surface area contributed by atoms with E-state index in [0.717, 1.165) is 11.1 Å². The highest BCUT2D eigenvalue weighted by Crippen LogP contribution is 2.26. The van der Waals surface area contributed by atoms with Gasteiger partial charge in [-0.3, -0.25) is 19.3 Å². The molecular weight excluding hydrogens is 390 g/mol. The lowest BCUT2D eigenvalue weighted by molar-refractivity contribution is -0.123. The molecule has 29 heavy (non-hydrogen) atoms. The molecule has 1 N–H and O–H groups in total. The van der Waals surface area contributed by atoms with Gasteiger partial charge in [-0.1, -0.05) is 42.3 Å². The highest BCUT2D eigenvalue weighted by atomic mass is 35.5. The summed E-state index contributed by atoms with van der Waals surface area (Å²) in [6, 6.07) is 11.9. The Hall–Kier alpha value is -2.70. The van der Waals surface area contributed by atoms with Crippen molar-refractivity contribution in [2.45, 2.75) is 33.2 Å². The fourth-order valence-corrected chi connectivity index (χ4v) is 3.58. The maximum Gasteiger partial charge on any atom is 0.251 e. The number of hydrogen-bond donors (Lipinski definition) is 1. The van der Waals surface area contributed by atoms with Crippen LogP contribution in [0.5, 0.6) is 0 Å². The molecule has 2 aromatic rings. The largest absolute Gasteiger partial charge is 0.325 e. The monoisotopic (exact) mass is 413 g/mol. The molecule has 7 heteroatoms. The summed E-state index contributed by atoms with van der Waals surface area (Å²) in [5.74, 6) is -0.813. The van der Waals surface area contributed by atoms with E-state index in [0.29, 0.717) is 22.9 Å². The van der Waals surface area contributed by atoms with E-state index in [1.54, 1.807) is 29.2 Å². The van der Waals surface area contributed by atoms with Crippen molar-refractivity contribution in [2.24, 2.45) is 0 Å². The van der Waals surface area contributed by atoms with Gasteiger partial charge in [0.1, 0.15) is 0 Å². The molecule has 152 valence electrons. The van der Waals surface area contributed by atoms with Crippen LogP contribution in [0.4, 0.5) is 11.4 Å². The van der Waals surface area contributed by atoms with Crippen molar-refractivity contribution in [1.82, 2.24) is 4.90 Å². The number of aryl methyl sites for hydroxylation is 2. The number of rotatable bonds is 6. The van der Waals surface area contributed by atoms with Gasteiger partial charge in [0, 0.05) is 10.7 Å². The summed E-state index contributed by atoms with van der Waals surface area (Å²) in [6.45, 7) is 6.16. The van der Waals surface area contributed by atoms with Gasteiger partial charge in [-0.15, -0.1) is 0 Å². The van der Waals surface area contributed by atoms with Gasteiger partial charge < -0.3 is 5.32 Å². The normalized spacial score (nSPS) is 16.6. The first-order chi connectivity index (χ1) is 13.8. The zero-order chi connectivity index (χ0) is 21.1. The second-order valence-corrected chi connectivity index (χ2v) is 7.63. The molecule has 0 spiro atoms. The van der Waals surface area contributed by atoms with E-state index < -0.39 is 6.04 Å². The molecular formula is C22H24ClN3O3. The van der Waals surface area contributed by atoms with Crippen LogP contribution in [0.25, 0.3) is 0 Å². The van der Waals surface area contributed by atoms with E-state index in [-0.39, 0.29) is 30.7 Å². The predicted molar refractivity (Wildman–Crippen MR) is 114 cm³/mol. The highest BCUT2D eigenvalue weighted by molar-refractivity contribution is 6.31. The van der Waals surface area contributed by atoms with Gasteiger partial charge in [-0.2, -0.15) is 0 Å². The summed E-state index contributed by atoms with van der Waals surface area (Å²) in [6.07, 6.45) is 0.0595. The Balaban J connectivity index is 1.72. The SMILES string of the molecule is CCN(CC(=O)Nc1cc(Cl)ccc1C)[C@@H]1CC(=O)N(c2ccc(C)cc2)C1=O. The highest BCUT2D eigenvalue weighted by Gasteiger charge is 2.42. The lowest BCUT2D eigenvalue weighted by Gasteiger charge is -2.25. The van der Waals surface area contributed by atoms with Crippen molar-refractivity contribution in [3.63, 3.8) is 0 Å². The van der Waals surface area contributed by atoms with Gasteiger partial charge in [0.05, 0.1) is 24.7 Å². The van der Waals surface area contributed by atoms with Crippen molar-refractivity contribution in [1.29, 1.82) is 0 Å².